The number of fused-ring (bicyclic) bond motifs is 1. The Labute approximate surface area is 247 Å². The largest absolute Gasteiger partial charge is 0.309 e. The average Bonchev–Trinajstić information content (AvgIpc) is 3.29. The molecule has 197 valence electrons. The van der Waals surface area contributed by atoms with E-state index in [-0.39, 0.29) is 32.2 Å². The fraction of sp³-hybridized carbons (Fsp3) is 0.235. The minimum atomic E-state index is 0. The van der Waals surface area contributed by atoms with Crippen LogP contribution in [-0.4, -0.2) is 10.7 Å². The molecule has 0 saturated carbocycles. The van der Waals surface area contributed by atoms with Crippen molar-refractivity contribution < 1.29 is 22.8 Å². The van der Waals surface area contributed by atoms with E-state index in [0.29, 0.717) is 23.1 Å². The molecule has 1 aliphatic heterocycles. The Morgan fingerprint density at radius 3 is 2.71 bits per heavy atom. The number of hydrogen-bond acceptors (Lipinski definition) is 3. The molecule has 0 amide bonds. The summed E-state index contributed by atoms with van der Waals surface area (Å²) >= 11 is 1.64. The number of pyridine rings is 1. The van der Waals surface area contributed by atoms with Gasteiger partial charge in [0.05, 0.1) is 2.74 Å². The Bertz CT molecular complexity index is 1680. The monoisotopic (exact) mass is 697 g/mol. The van der Waals surface area contributed by atoms with Crippen LogP contribution < -0.4 is 9.75 Å². The van der Waals surface area contributed by atoms with Gasteiger partial charge in [-0.3, -0.25) is 0 Å². The van der Waals surface area contributed by atoms with Gasteiger partial charge in [0.1, 0.15) is 0 Å². The Hall–Kier alpha value is -2.91. The number of nitrogens with zero attached hydrogens (tertiary/aromatic N) is 2. The van der Waals surface area contributed by atoms with E-state index in [1.807, 2.05) is 25.3 Å². The van der Waals surface area contributed by atoms with Gasteiger partial charge in [-0.05, 0) is 52.7 Å². The van der Waals surface area contributed by atoms with Gasteiger partial charge in [0.15, 0.2) is 0 Å². The second-order valence-corrected chi connectivity index (χ2v) is 10.6. The Morgan fingerprint density at radius 2 is 2.03 bits per heavy atom. The van der Waals surface area contributed by atoms with Gasteiger partial charge in [-0.15, -0.1) is 53.1 Å². The molecule has 38 heavy (non-hydrogen) atoms. The standard InChI is InChI=1S/C18H14NS.C16H20N.Ir/c1-3-14-15-8-4-5-10-17(15)20-18(14)12-13(2)16-9-6-7-11-19-16;1-11(2)14-5-7-15(8-6-14)16-9-12(3)13(4)10-17-16;/h3-11H,2H2,1H3;5-7,10-12H,9H2,1-4H3;/q2*-1;/b14-3+;;/i6D,9D;;. The third kappa shape index (κ3) is 7.14. The van der Waals surface area contributed by atoms with Crippen LogP contribution in [0.15, 0.2) is 90.2 Å². The molecule has 0 saturated heterocycles. The molecule has 5 rings (SSSR count). The molecule has 0 fully saturated rings. The van der Waals surface area contributed by atoms with Gasteiger partial charge >= 0.3 is 0 Å². The molecule has 0 aliphatic carbocycles. The van der Waals surface area contributed by atoms with Gasteiger partial charge in [0.2, 0.25) is 0 Å². The Kier molecular flexibility index (Phi) is 9.66. The summed E-state index contributed by atoms with van der Waals surface area (Å²) in [5, 5.41) is 2.31. The van der Waals surface area contributed by atoms with Crippen molar-refractivity contribution in [2.45, 2.75) is 47.0 Å². The van der Waals surface area contributed by atoms with Crippen LogP contribution in [0.25, 0.3) is 27.8 Å². The van der Waals surface area contributed by atoms with Gasteiger partial charge in [0, 0.05) is 37.2 Å². The Balaban J connectivity index is 0.000000222. The van der Waals surface area contributed by atoms with Crippen molar-refractivity contribution in [3.8, 4) is 0 Å². The van der Waals surface area contributed by atoms with Crippen molar-refractivity contribution in [3.63, 3.8) is 0 Å². The van der Waals surface area contributed by atoms with E-state index in [0.717, 1.165) is 21.7 Å². The zero-order valence-corrected chi connectivity index (χ0v) is 25.8. The van der Waals surface area contributed by atoms with Crippen LogP contribution in [0.4, 0.5) is 0 Å². The van der Waals surface area contributed by atoms with Crippen LogP contribution in [0.1, 0.15) is 66.5 Å². The minimum Gasteiger partial charge on any atom is -0.309 e. The first kappa shape index (κ1) is 26.7. The van der Waals surface area contributed by atoms with Crippen LogP contribution >= 0.6 is 11.3 Å². The molecular weight excluding hydrogens is 661 g/mol. The fourth-order valence-corrected chi connectivity index (χ4v) is 5.22. The first-order chi connectivity index (χ1) is 18.7. The first-order valence-corrected chi connectivity index (χ1v) is 13.5. The van der Waals surface area contributed by atoms with Gasteiger partial charge in [0.25, 0.3) is 0 Å². The molecule has 2 aromatic carbocycles. The second-order valence-electron chi connectivity index (χ2n) is 9.54. The van der Waals surface area contributed by atoms with Crippen molar-refractivity contribution in [3.05, 3.63) is 118 Å². The molecule has 1 radical (unpaired) electrons. The van der Waals surface area contributed by atoms with E-state index in [9.17, 15) is 0 Å². The zero-order valence-electron chi connectivity index (χ0n) is 24.6. The van der Waals surface area contributed by atoms with Crippen LogP contribution in [-0.2, 0) is 20.1 Å². The first-order valence-electron chi connectivity index (χ1n) is 13.6. The predicted octanol–water partition coefficient (Wildman–Crippen LogP) is 7.81. The molecule has 4 heteroatoms. The maximum absolute atomic E-state index is 7.94. The second kappa shape index (κ2) is 13.8. The average molecular weight is 697 g/mol. The molecule has 4 aromatic rings. The number of hydrogen-bond donors (Lipinski definition) is 0. The molecule has 2 aromatic heterocycles. The summed E-state index contributed by atoms with van der Waals surface area (Å²) in [6, 6.07) is 19.7. The topological polar surface area (TPSA) is 25.2 Å². The molecule has 0 bridgehead atoms. The number of aromatic nitrogens is 1. The minimum absolute atomic E-state index is 0. The summed E-state index contributed by atoms with van der Waals surface area (Å²) in [6.07, 6.45) is 9.87. The normalized spacial score (nSPS) is 16.6. The van der Waals surface area contributed by atoms with Crippen LogP contribution in [0, 0.1) is 12.0 Å². The van der Waals surface area contributed by atoms with Gasteiger partial charge in [-0.1, -0.05) is 74.7 Å². The predicted molar refractivity (Wildman–Crippen MR) is 161 cm³/mol. The van der Waals surface area contributed by atoms with Crippen molar-refractivity contribution >= 4 is 44.9 Å². The molecule has 1 unspecified atom stereocenters. The number of aliphatic imine (C=N–C) groups is 1. The number of benzene rings is 2. The van der Waals surface area contributed by atoms with Crippen LogP contribution in [0.3, 0.4) is 0 Å². The SMILES string of the molecule is CC1=CN=C(c2[c-]cc(C(C)C)cc2)CC1C.[2H]c1ccnc(C(=C)[C-]=c2sc3ccccc3/c2=C\C)c1[2H].[Ir]. The van der Waals surface area contributed by atoms with Crippen molar-refractivity contribution in [2.75, 3.05) is 0 Å². The smallest absolute Gasteiger partial charge is 0.0616 e. The molecule has 3 heterocycles. The number of thiophene rings is 1. The van der Waals surface area contributed by atoms with E-state index >= 15 is 0 Å². The zero-order chi connectivity index (χ0) is 28.1. The summed E-state index contributed by atoms with van der Waals surface area (Å²) in [5.41, 5.74) is 5.96. The maximum atomic E-state index is 7.94. The molecule has 0 spiro atoms. The Morgan fingerprint density at radius 1 is 1.24 bits per heavy atom. The van der Waals surface area contributed by atoms with E-state index in [1.54, 1.807) is 11.3 Å². The van der Waals surface area contributed by atoms with Crippen LogP contribution in [0.5, 0.6) is 0 Å². The van der Waals surface area contributed by atoms with E-state index in [2.05, 4.69) is 92.8 Å². The summed E-state index contributed by atoms with van der Waals surface area (Å²) in [7, 11) is 0. The molecule has 1 atom stereocenters. The molecule has 1 aliphatic rings. The van der Waals surface area contributed by atoms with Crippen LogP contribution in [0.2, 0.25) is 0 Å². The van der Waals surface area contributed by atoms with Gasteiger partial charge in [-0.25, -0.2) is 0 Å². The fourth-order valence-electron chi connectivity index (χ4n) is 4.05. The quantitative estimate of drug-likeness (QED) is 0.200. The molecule has 0 N–H and O–H groups in total. The summed E-state index contributed by atoms with van der Waals surface area (Å²) in [4.78, 5) is 8.70. The van der Waals surface area contributed by atoms with Crippen molar-refractivity contribution in [1.29, 1.82) is 0 Å². The number of allylic oxidation sites excluding steroid dienone is 2. The van der Waals surface area contributed by atoms with Crippen molar-refractivity contribution in [2.24, 2.45) is 10.9 Å². The number of rotatable bonds is 4. The molecular formula is C34H34IrN2S-2. The van der Waals surface area contributed by atoms with Gasteiger partial charge < -0.3 is 9.98 Å². The summed E-state index contributed by atoms with van der Waals surface area (Å²) in [5.74, 6) is 1.16. The third-order valence-corrected chi connectivity index (χ3v) is 7.64. The van der Waals surface area contributed by atoms with Gasteiger partial charge in [-0.2, -0.15) is 17.9 Å². The maximum Gasteiger partial charge on any atom is 0.0616 e. The molecule has 2 nitrogen and oxygen atoms in total. The van der Waals surface area contributed by atoms with Crippen molar-refractivity contribution in [1.82, 2.24) is 4.98 Å². The van der Waals surface area contributed by atoms with E-state index < -0.39 is 0 Å². The summed E-state index contributed by atoms with van der Waals surface area (Å²) < 4.78 is 17.8. The van der Waals surface area contributed by atoms with E-state index in [1.165, 1.54) is 39.2 Å². The third-order valence-electron chi connectivity index (χ3n) is 6.54. The summed E-state index contributed by atoms with van der Waals surface area (Å²) in [6.45, 7) is 14.8. The van der Waals surface area contributed by atoms with E-state index in [4.69, 9.17) is 2.74 Å².